The average molecular weight is 355 g/mol. The highest BCUT2D eigenvalue weighted by atomic mass is 16.6. The van der Waals surface area contributed by atoms with Crippen LogP contribution < -0.4 is 0 Å². The predicted octanol–water partition coefficient (Wildman–Crippen LogP) is 3.29. The number of esters is 1. The Morgan fingerprint density at radius 3 is 2.31 bits per heavy atom. The number of carbonyl (C=O) groups is 3. The Morgan fingerprint density at radius 2 is 1.65 bits per heavy atom. The van der Waals surface area contributed by atoms with E-state index in [1.807, 2.05) is 0 Å². The monoisotopic (exact) mass is 355 g/mol. The molecule has 0 amide bonds. The van der Waals surface area contributed by atoms with E-state index in [1.54, 1.807) is 37.3 Å². The van der Waals surface area contributed by atoms with Gasteiger partial charge in [-0.15, -0.1) is 0 Å². The third-order valence-electron chi connectivity index (χ3n) is 3.74. The second kappa shape index (κ2) is 8.66. The fourth-order valence-corrected chi connectivity index (χ4v) is 2.27. The molecule has 0 fully saturated rings. The van der Waals surface area contributed by atoms with E-state index in [9.17, 15) is 24.5 Å². The number of aryl methyl sites for hydroxylation is 1. The van der Waals surface area contributed by atoms with Crippen LogP contribution in [0.2, 0.25) is 0 Å². The molecule has 2 aromatic carbocycles. The zero-order chi connectivity index (χ0) is 19.1. The van der Waals surface area contributed by atoms with E-state index >= 15 is 0 Å². The molecule has 7 nitrogen and oxygen atoms in total. The molecule has 0 bridgehead atoms. The summed E-state index contributed by atoms with van der Waals surface area (Å²) in [6.45, 7) is 1.04. The molecule has 7 heteroatoms. The third-order valence-corrected chi connectivity index (χ3v) is 3.74. The van der Waals surface area contributed by atoms with Gasteiger partial charge in [0, 0.05) is 29.2 Å². The molecule has 0 heterocycles. The van der Waals surface area contributed by atoms with E-state index in [0.717, 1.165) is 6.07 Å². The SMILES string of the molecule is Cc1ccc(C(=O)COC(=O)CCC(=O)c2ccccc2)cc1[N+](=O)[O-]. The first-order chi connectivity index (χ1) is 12.4. The summed E-state index contributed by atoms with van der Waals surface area (Å²) < 4.78 is 4.86. The summed E-state index contributed by atoms with van der Waals surface area (Å²) in [7, 11) is 0. The maximum Gasteiger partial charge on any atom is 0.306 e. The number of Topliss-reactive ketones (excluding diaryl/α,β-unsaturated/α-hetero) is 2. The molecule has 0 saturated carbocycles. The lowest BCUT2D eigenvalue weighted by Gasteiger charge is -2.05. The summed E-state index contributed by atoms with van der Waals surface area (Å²) in [5, 5.41) is 10.9. The van der Waals surface area contributed by atoms with Crippen LogP contribution in [0.4, 0.5) is 5.69 Å². The summed E-state index contributed by atoms with van der Waals surface area (Å²) in [6, 6.07) is 12.6. The highest BCUT2D eigenvalue weighted by Crippen LogP contribution is 2.19. The highest BCUT2D eigenvalue weighted by Gasteiger charge is 2.17. The van der Waals surface area contributed by atoms with E-state index in [4.69, 9.17) is 4.74 Å². The molecule has 0 N–H and O–H groups in total. The summed E-state index contributed by atoms with van der Waals surface area (Å²) in [4.78, 5) is 46.0. The molecule has 0 aromatic heterocycles. The van der Waals surface area contributed by atoms with Crippen LogP contribution in [0, 0.1) is 17.0 Å². The largest absolute Gasteiger partial charge is 0.457 e. The molecule has 0 spiro atoms. The van der Waals surface area contributed by atoms with Gasteiger partial charge in [0.1, 0.15) is 0 Å². The van der Waals surface area contributed by atoms with Gasteiger partial charge in [-0.3, -0.25) is 24.5 Å². The van der Waals surface area contributed by atoms with Crippen LogP contribution in [-0.2, 0) is 9.53 Å². The quantitative estimate of drug-likeness (QED) is 0.311. The van der Waals surface area contributed by atoms with Crippen LogP contribution in [-0.4, -0.2) is 29.1 Å². The van der Waals surface area contributed by atoms with Gasteiger partial charge in [0.25, 0.3) is 5.69 Å². The normalized spacial score (nSPS) is 10.2. The fraction of sp³-hybridized carbons (Fsp3) is 0.211. The molecule has 26 heavy (non-hydrogen) atoms. The Hall–Kier alpha value is -3.35. The van der Waals surface area contributed by atoms with Crippen LogP contribution in [0.15, 0.2) is 48.5 Å². The van der Waals surface area contributed by atoms with Crippen molar-refractivity contribution in [1.29, 1.82) is 0 Å². The van der Waals surface area contributed by atoms with Crippen molar-refractivity contribution in [2.45, 2.75) is 19.8 Å². The van der Waals surface area contributed by atoms with Gasteiger partial charge >= 0.3 is 5.97 Å². The van der Waals surface area contributed by atoms with Crippen LogP contribution in [0.25, 0.3) is 0 Å². The molecule has 0 aliphatic carbocycles. The van der Waals surface area contributed by atoms with Crippen molar-refractivity contribution in [3.63, 3.8) is 0 Å². The van der Waals surface area contributed by atoms with Gasteiger partial charge in [-0.25, -0.2) is 0 Å². The van der Waals surface area contributed by atoms with Crippen LogP contribution >= 0.6 is 0 Å². The summed E-state index contributed by atoms with van der Waals surface area (Å²) >= 11 is 0. The standard InChI is InChI=1S/C19H17NO6/c1-13-7-8-15(11-16(13)20(24)25)18(22)12-26-19(23)10-9-17(21)14-5-3-2-4-6-14/h2-8,11H,9-10,12H2,1H3. The van der Waals surface area contributed by atoms with Crippen molar-refractivity contribution in [3.05, 3.63) is 75.3 Å². The van der Waals surface area contributed by atoms with Crippen molar-refractivity contribution in [3.8, 4) is 0 Å². The van der Waals surface area contributed by atoms with E-state index in [-0.39, 0.29) is 29.9 Å². The summed E-state index contributed by atoms with van der Waals surface area (Å²) in [5.41, 5.74) is 0.859. The minimum atomic E-state index is -0.677. The first-order valence-corrected chi connectivity index (χ1v) is 7.90. The number of hydrogen-bond donors (Lipinski definition) is 0. The van der Waals surface area contributed by atoms with Crippen molar-refractivity contribution < 1.29 is 24.0 Å². The number of rotatable bonds is 8. The van der Waals surface area contributed by atoms with Gasteiger partial charge < -0.3 is 4.74 Å². The number of nitrogens with zero attached hydrogens (tertiary/aromatic N) is 1. The molecule has 0 aliphatic heterocycles. The van der Waals surface area contributed by atoms with Crippen LogP contribution in [0.5, 0.6) is 0 Å². The van der Waals surface area contributed by atoms with Gasteiger partial charge in [-0.2, -0.15) is 0 Å². The maximum absolute atomic E-state index is 12.0. The Balaban J connectivity index is 1.85. The number of nitro benzene ring substituents is 1. The third kappa shape index (κ3) is 5.07. The van der Waals surface area contributed by atoms with Crippen molar-refractivity contribution in [2.24, 2.45) is 0 Å². The van der Waals surface area contributed by atoms with E-state index in [2.05, 4.69) is 0 Å². The first kappa shape index (κ1) is 19.0. The predicted molar refractivity (Wildman–Crippen MR) is 93.1 cm³/mol. The smallest absolute Gasteiger partial charge is 0.306 e. The van der Waals surface area contributed by atoms with Gasteiger partial charge in [-0.1, -0.05) is 42.5 Å². The molecule has 2 aromatic rings. The zero-order valence-corrected chi connectivity index (χ0v) is 14.1. The van der Waals surface area contributed by atoms with Gasteiger partial charge in [0.15, 0.2) is 12.4 Å². The summed E-state index contributed by atoms with van der Waals surface area (Å²) in [6.07, 6.45) is -0.165. The van der Waals surface area contributed by atoms with E-state index < -0.39 is 23.3 Å². The van der Waals surface area contributed by atoms with Crippen molar-refractivity contribution in [1.82, 2.24) is 0 Å². The molecule has 0 unspecified atom stereocenters. The van der Waals surface area contributed by atoms with Gasteiger partial charge in [-0.05, 0) is 6.92 Å². The lowest BCUT2D eigenvalue weighted by Crippen LogP contribution is -2.15. The van der Waals surface area contributed by atoms with Crippen LogP contribution in [0.1, 0.15) is 39.1 Å². The number of carbonyl (C=O) groups excluding carboxylic acids is 3. The second-order valence-electron chi connectivity index (χ2n) is 5.63. The topological polar surface area (TPSA) is 104 Å². The Kier molecular flexibility index (Phi) is 6.32. The van der Waals surface area contributed by atoms with Crippen molar-refractivity contribution in [2.75, 3.05) is 6.61 Å². The maximum atomic E-state index is 12.0. The molecule has 0 radical (unpaired) electrons. The van der Waals surface area contributed by atoms with E-state index in [0.29, 0.717) is 11.1 Å². The minimum absolute atomic E-state index is 0.0208. The lowest BCUT2D eigenvalue weighted by molar-refractivity contribution is -0.385. The lowest BCUT2D eigenvalue weighted by atomic mass is 10.1. The van der Waals surface area contributed by atoms with Crippen molar-refractivity contribution >= 4 is 23.2 Å². The molecular weight excluding hydrogens is 338 g/mol. The molecule has 0 saturated heterocycles. The molecular formula is C19H17NO6. The van der Waals surface area contributed by atoms with Gasteiger partial charge in [0.05, 0.1) is 11.3 Å². The number of benzene rings is 2. The number of ether oxygens (including phenoxy) is 1. The average Bonchev–Trinajstić information content (AvgIpc) is 2.64. The second-order valence-corrected chi connectivity index (χ2v) is 5.63. The molecule has 0 atom stereocenters. The Bertz CT molecular complexity index is 844. The van der Waals surface area contributed by atoms with Gasteiger partial charge in [0.2, 0.25) is 5.78 Å². The molecule has 0 aliphatic rings. The highest BCUT2D eigenvalue weighted by molar-refractivity contribution is 5.99. The zero-order valence-electron chi connectivity index (χ0n) is 14.1. The number of ketones is 2. The molecule has 134 valence electrons. The minimum Gasteiger partial charge on any atom is -0.457 e. The van der Waals surface area contributed by atoms with Crippen LogP contribution in [0.3, 0.4) is 0 Å². The van der Waals surface area contributed by atoms with E-state index in [1.165, 1.54) is 12.1 Å². The first-order valence-electron chi connectivity index (χ1n) is 7.90. The Labute approximate surface area is 149 Å². The fourth-order valence-electron chi connectivity index (χ4n) is 2.27. The number of hydrogen-bond acceptors (Lipinski definition) is 6. The summed E-state index contributed by atoms with van der Waals surface area (Å²) in [5.74, 6) is -1.41. The Morgan fingerprint density at radius 1 is 0.962 bits per heavy atom. The number of nitro groups is 1. The molecule has 2 rings (SSSR count).